The van der Waals surface area contributed by atoms with Crippen molar-refractivity contribution in [2.45, 2.75) is 32.8 Å². The van der Waals surface area contributed by atoms with Gasteiger partial charge in [0.25, 0.3) is 5.89 Å². The molecule has 0 amide bonds. The fourth-order valence-corrected chi connectivity index (χ4v) is 1.85. The number of Topliss-reactive ketones (excluding diaryl/α,β-unsaturated/α-hetero) is 1. The highest BCUT2D eigenvalue weighted by molar-refractivity contribution is 5.97. The SMILES string of the molecule is Cc1noc(C(C)OC(=O)CCC(=O)c2ccc(F)cc2F)n1. The van der Waals surface area contributed by atoms with Crippen LogP contribution in [0.15, 0.2) is 22.7 Å². The Hall–Kier alpha value is -2.64. The Morgan fingerprint density at radius 3 is 2.65 bits per heavy atom. The Morgan fingerprint density at radius 1 is 1.30 bits per heavy atom. The lowest BCUT2D eigenvalue weighted by molar-refractivity contribution is -0.149. The molecule has 0 fully saturated rings. The molecule has 1 unspecified atom stereocenters. The Balaban J connectivity index is 1.87. The third-order valence-electron chi connectivity index (χ3n) is 2.99. The molecular weight excluding hydrogens is 310 g/mol. The number of esters is 1. The molecule has 1 heterocycles. The summed E-state index contributed by atoms with van der Waals surface area (Å²) in [6, 6.07) is 2.64. The van der Waals surface area contributed by atoms with Crippen LogP contribution in [0.25, 0.3) is 0 Å². The zero-order valence-corrected chi connectivity index (χ0v) is 12.5. The number of carbonyl (C=O) groups is 2. The van der Waals surface area contributed by atoms with Gasteiger partial charge in [-0.15, -0.1) is 0 Å². The number of aromatic nitrogens is 2. The van der Waals surface area contributed by atoms with Crippen molar-refractivity contribution in [3.05, 3.63) is 47.1 Å². The molecular formula is C15H14F2N2O4. The summed E-state index contributed by atoms with van der Waals surface area (Å²) in [6.45, 7) is 3.17. The first kappa shape index (κ1) is 16.7. The van der Waals surface area contributed by atoms with E-state index in [2.05, 4.69) is 10.1 Å². The molecule has 0 aliphatic carbocycles. The van der Waals surface area contributed by atoms with Crippen molar-refractivity contribution in [1.29, 1.82) is 0 Å². The van der Waals surface area contributed by atoms with Crippen LogP contribution in [0.3, 0.4) is 0 Å². The van der Waals surface area contributed by atoms with Gasteiger partial charge in [-0.2, -0.15) is 4.98 Å². The van der Waals surface area contributed by atoms with Crippen molar-refractivity contribution in [2.24, 2.45) is 0 Å². The third-order valence-corrected chi connectivity index (χ3v) is 2.99. The predicted octanol–water partition coefficient (Wildman–Crippen LogP) is 2.92. The summed E-state index contributed by atoms with van der Waals surface area (Å²) < 4.78 is 36.1. The van der Waals surface area contributed by atoms with E-state index in [0.717, 1.165) is 12.1 Å². The van der Waals surface area contributed by atoms with Crippen molar-refractivity contribution in [3.63, 3.8) is 0 Å². The van der Waals surface area contributed by atoms with E-state index >= 15 is 0 Å². The minimum Gasteiger partial charge on any atom is -0.453 e. The number of benzene rings is 1. The Bertz CT molecular complexity index is 730. The summed E-state index contributed by atoms with van der Waals surface area (Å²) >= 11 is 0. The molecule has 1 atom stereocenters. The minimum absolute atomic E-state index is 0.145. The number of halogens is 2. The summed E-state index contributed by atoms with van der Waals surface area (Å²) in [6.07, 6.45) is -1.24. The number of rotatable bonds is 6. The van der Waals surface area contributed by atoms with Gasteiger partial charge in [-0.1, -0.05) is 5.16 Å². The van der Waals surface area contributed by atoms with E-state index in [4.69, 9.17) is 9.26 Å². The fourth-order valence-electron chi connectivity index (χ4n) is 1.85. The lowest BCUT2D eigenvalue weighted by atomic mass is 10.1. The molecule has 0 aliphatic rings. The van der Waals surface area contributed by atoms with E-state index in [1.165, 1.54) is 0 Å². The summed E-state index contributed by atoms with van der Waals surface area (Å²) in [7, 11) is 0. The maximum Gasteiger partial charge on any atom is 0.307 e. The number of ketones is 1. The number of aryl methyl sites for hydroxylation is 1. The first-order chi connectivity index (χ1) is 10.9. The molecule has 2 rings (SSSR count). The Kier molecular flexibility index (Phi) is 5.15. The van der Waals surface area contributed by atoms with E-state index in [-0.39, 0.29) is 24.3 Å². The molecule has 0 spiro atoms. The number of hydrogen-bond donors (Lipinski definition) is 0. The van der Waals surface area contributed by atoms with Crippen molar-refractivity contribution in [1.82, 2.24) is 10.1 Å². The second-order valence-corrected chi connectivity index (χ2v) is 4.86. The van der Waals surface area contributed by atoms with E-state index in [9.17, 15) is 18.4 Å². The van der Waals surface area contributed by atoms with E-state index in [1.807, 2.05) is 0 Å². The zero-order valence-electron chi connectivity index (χ0n) is 12.5. The number of nitrogens with zero attached hydrogens (tertiary/aromatic N) is 2. The molecule has 8 heteroatoms. The maximum atomic E-state index is 13.5. The van der Waals surface area contributed by atoms with Gasteiger partial charge in [-0.3, -0.25) is 9.59 Å². The fraction of sp³-hybridized carbons (Fsp3) is 0.333. The van der Waals surface area contributed by atoms with Gasteiger partial charge in [0.05, 0.1) is 12.0 Å². The second-order valence-electron chi connectivity index (χ2n) is 4.86. The van der Waals surface area contributed by atoms with Crippen molar-refractivity contribution >= 4 is 11.8 Å². The topological polar surface area (TPSA) is 82.3 Å². The van der Waals surface area contributed by atoms with Crippen LogP contribution in [-0.2, 0) is 9.53 Å². The van der Waals surface area contributed by atoms with Gasteiger partial charge in [0.2, 0.25) is 0 Å². The highest BCUT2D eigenvalue weighted by atomic mass is 19.1. The third kappa shape index (κ3) is 4.41. The van der Waals surface area contributed by atoms with E-state index < -0.39 is 29.5 Å². The summed E-state index contributed by atoms with van der Waals surface area (Å²) in [5, 5.41) is 3.57. The van der Waals surface area contributed by atoms with Crippen LogP contribution in [0, 0.1) is 18.6 Å². The highest BCUT2D eigenvalue weighted by Crippen LogP contribution is 2.17. The van der Waals surface area contributed by atoms with Gasteiger partial charge in [0.15, 0.2) is 17.7 Å². The first-order valence-electron chi connectivity index (χ1n) is 6.84. The van der Waals surface area contributed by atoms with Crippen molar-refractivity contribution < 1.29 is 27.6 Å². The van der Waals surface area contributed by atoms with Crippen LogP contribution in [-0.4, -0.2) is 21.9 Å². The second kappa shape index (κ2) is 7.08. The first-order valence-corrected chi connectivity index (χ1v) is 6.84. The normalized spacial score (nSPS) is 12.0. The number of ether oxygens (including phenoxy) is 1. The Labute approximate surface area is 130 Å². The molecule has 23 heavy (non-hydrogen) atoms. The molecule has 0 saturated heterocycles. The average Bonchev–Trinajstić information content (AvgIpc) is 2.91. The van der Waals surface area contributed by atoms with Gasteiger partial charge in [0.1, 0.15) is 11.6 Å². The molecule has 2 aromatic rings. The summed E-state index contributed by atoms with van der Waals surface area (Å²) in [5.74, 6) is -2.46. The highest BCUT2D eigenvalue weighted by Gasteiger charge is 2.19. The van der Waals surface area contributed by atoms with Gasteiger partial charge in [-0.25, -0.2) is 8.78 Å². The number of carbonyl (C=O) groups excluding carboxylic acids is 2. The number of hydrogen-bond acceptors (Lipinski definition) is 6. The van der Waals surface area contributed by atoms with Crippen molar-refractivity contribution in [3.8, 4) is 0 Å². The lowest BCUT2D eigenvalue weighted by Crippen LogP contribution is -2.12. The smallest absolute Gasteiger partial charge is 0.307 e. The van der Waals surface area contributed by atoms with Crippen LogP contribution < -0.4 is 0 Å². The van der Waals surface area contributed by atoms with Gasteiger partial charge in [-0.05, 0) is 26.0 Å². The maximum absolute atomic E-state index is 13.5. The molecule has 1 aromatic heterocycles. The predicted molar refractivity (Wildman–Crippen MR) is 73.5 cm³/mol. The van der Waals surface area contributed by atoms with Gasteiger partial charge in [0, 0.05) is 12.5 Å². The van der Waals surface area contributed by atoms with Gasteiger partial charge < -0.3 is 9.26 Å². The molecule has 0 aliphatic heterocycles. The lowest BCUT2D eigenvalue weighted by Gasteiger charge is -2.09. The molecule has 0 radical (unpaired) electrons. The minimum atomic E-state index is -0.960. The molecule has 0 N–H and O–H groups in total. The largest absolute Gasteiger partial charge is 0.453 e. The zero-order chi connectivity index (χ0) is 17.0. The molecule has 0 bridgehead atoms. The molecule has 0 saturated carbocycles. The Morgan fingerprint density at radius 2 is 2.04 bits per heavy atom. The van der Waals surface area contributed by atoms with Crippen LogP contribution >= 0.6 is 0 Å². The molecule has 122 valence electrons. The average molecular weight is 324 g/mol. The van der Waals surface area contributed by atoms with Crippen LogP contribution in [0.5, 0.6) is 0 Å². The van der Waals surface area contributed by atoms with Gasteiger partial charge >= 0.3 is 5.97 Å². The van der Waals surface area contributed by atoms with Crippen molar-refractivity contribution in [2.75, 3.05) is 0 Å². The van der Waals surface area contributed by atoms with E-state index in [0.29, 0.717) is 11.9 Å². The molecule has 6 nitrogen and oxygen atoms in total. The quantitative estimate of drug-likeness (QED) is 0.600. The van der Waals surface area contributed by atoms with Crippen LogP contribution in [0.2, 0.25) is 0 Å². The standard InChI is InChI=1S/C15H14F2N2O4/c1-8(15-18-9(2)19-23-15)22-14(21)6-5-13(20)11-4-3-10(16)7-12(11)17/h3-4,7-8H,5-6H2,1-2H3. The molecule has 1 aromatic carbocycles. The van der Waals surface area contributed by atoms with Crippen LogP contribution in [0.4, 0.5) is 8.78 Å². The van der Waals surface area contributed by atoms with E-state index in [1.54, 1.807) is 13.8 Å². The summed E-state index contributed by atoms with van der Waals surface area (Å²) in [5.41, 5.74) is -0.264. The van der Waals surface area contributed by atoms with Crippen LogP contribution in [0.1, 0.15) is 47.9 Å². The monoisotopic (exact) mass is 324 g/mol. The summed E-state index contributed by atoms with van der Waals surface area (Å²) in [4.78, 5) is 27.4.